The van der Waals surface area contributed by atoms with Gasteiger partial charge in [0.25, 0.3) is 0 Å². The molecule has 1 unspecified atom stereocenters. The van der Waals surface area contributed by atoms with Crippen molar-refractivity contribution in [2.45, 2.75) is 18.9 Å². The summed E-state index contributed by atoms with van der Waals surface area (Å²) < 4.78 is 12.1. The molecule has 0 aromatic rings. The van der Waals surface area contributed by atoms with E-state index in [1.165, 1.54) is 0 Å². The highest BCUT2D eigenvalue weighted by Crippen LogP contribution is 2.08. The summed E-state index contributed by atoms with van der Waals surface area (Å²) >= 11 is 0. The van der Waals surface area contributed by atoms with Gasteiger partial charge in [0.1, 0.15) is 0 Å². The van der Waals surface area contributed by atoms with Gasteiger partial charge in [0.15, 0.2) is 0 Å². The predicted octanol–water partition coefficient (Wildman–Crippen LogP) is 0.328. The summed E-state index contributed by atoms with van der Waals surface area (Å²) in [6.45, 7) is 0.678. The van der Waals surface area contributed by atoms with Crippen LogP contribution in [-0.2, 0) is 0 Å². The van der Waals surface area contributed by atoms with Gasteiger partial charge in [0.2, 0.25) is 0 Å². The Bertz CT molecular complexity index is 70.8. The average Bonchev–Trinajstić information content (AvgIpc) is 1.64. The maximum Gasteiger partial charge on any atom is 0.0693 e. The van der Waals surface area contributed by atoms with E-state index in [-0.39, 0.29) is 6.54 Å². The second-order valence-corrected chi connectivity index (χ2v) is 2.16. The fraction of sp³-hybridized carbons (Fsp3) is 1.00. The van der Waals surface area contributed by atoms with Crippen LogP contribution in [0.2, 0.25) is 0 Å². The van der Waals surface area contributed by atoms with Gasteiger partial charge in [0, 0.05) is 6.54 Å². The third-order valence-electron chi connectivity index (χ3n) is 1.35. The molecule has 1 fully saturated rings. The molecule has 0 amide bonds. The minimum atomic E-state index is -0.436. The van der Waals surface area contributed by atoms with Crippen LogP contribution < -0.4 is 0 Å². The predicted molar refractivity (Wildman–Crippen MR) is 27.9 cm³/mol. The van der Waals surface area contributed by atoms with Gasteiger partial charge in [0.05, 0.1) is 12.6 Å². The number of aliphatic hydroxyl groups is 1. The molecule has 0 aliphatic carbocycles. The van der Waals surface area contributed by atoms with E-state index in [0.29, 0.717) is 11.7 Å². The van der Waals surface area contributed by atoms with Crippen molar-refractivity contribution in [3.8, 4) is 0 Å². The summed E-state index contributed by atoms with van der Waals surface area (Å²) in [5.41, 5.74) is 0. The molecule has 1 saturated heterocycles. The van der Waals surface area contributed by atoms with Crippen molar-refractivity contribution < 1.29 is 9.59 Å². The van der Waals surface area contributed by atoms with Crippen LogP contribution in [0.5, 0.6) is 0 Å². The third-order valence-corrected chi connectivity index (χ3v) is 1.35. The SMILES string of the molecule is OC1CCCN(F)C1. The first-order valence-electron chi connectivity index (χ1n) is 2.88. The van der Waals surface area contributed by atoms with Gasteiger partial charge in [-0.15, -0.1) is 9.60 Å². The lowest BCUT2D eigenvalue weighted by atomic mass is 10.1. The van der Waals surface area contributed by atoms with Crippen molar-refractivity contribution in [1.82, 2.24) is 5.12 Å². The molecule has 1 heterocycles. The van der Waals surface area contributed by atoms with Crippen molar-refractivity contribution in [1.29, 1.82) is 0 Å². The molecule has 2 nitrogen and oxygen atoms in total. The maximum atomic E-state index is 12.1. The van der Waals surface area contributed by atoms with Gasteiger partial charge in [-0.1, -0.05) is 0 Å². The van der Waals surface area contributed by atoms with Crippen molar-refractivity contribution in [3.63, 3.8) is 0 Å². The standard InChI is InChI=1S/C5H10FNO/c6-7-3-1-2-5(8)4-7/h5,8H,1-4H2. The molecule has 0 aromatic carbocycles. The normalized spacial score (nSPS) is 33.0. The molecule has 0 saturated carbocycles. The number of hydrogen-bond acceptors (Lipinski definition) is 2. The molecule has 1 aliphatic heterocycles. The second kappa shape index (κ2) is 2.42. The van der Waals surface area contributed by atoms with Gasteiger partial charge in [-0.05, 0) is 12.8 Å². The lowest BCUT2D eigenvalue weighted by Gasteiger charge is -2.21. The van der Waals surface area contributed by atoms with Crippen LogP contribution >= 0.6 is 0 Å². The topological polar surface area (TPSA) is 23.5 Å². The maximum absolute atomic E-state index is 12.1. The highest BCUT2D eigenvalue weighted by molar-refractivity contribution is 4.64. The van der Waals surface area contributed by atoms with E-state index in [0.717, 1.165) is 12.8 Å². The molecule has 0 aromatic heterocycles. The van der Waals surface area contributed by atoms with E-state index in [1.807, 2.05) is 0 Å². The van der Waals surface area contributed by atoms with E-state index < -0.39 is 6.10 Å². The Labute approximate surface area is 47.8 Å². The van der Waals surface area contributed by atoms with E-state index in [1.54, 1.807) is 0 Å². The lowest BCUT2D eigenvalue weighted by molar-refractivity contribution is -0.0467. The van der Waals surface area contributed by atoms with Gasteiger partial charge in [-0.3, -0.25) is 0 Å². The minimum Gasteiger partial charge on any atom is -0.392 e. The molecule has 1 aliphatic rings. The van der Waals surface area contributed by atoms with Crippen LogP contribution in [0.1, 0.15) is 12.8 Å². The Morgan fingerprint density at radius 2 is 2.38 bits per heavy atom. The highest BCUT2D eigenvalue weighted by atomic mass is 19.2. The molecule has 0 bridgehead atoms. The number of halogens is 1. The fourth-order valence-electron chi connectivity index (χ4n) is 0.910. The molecular weight excluding hydrogens is 109 g/mol. The number of nitrogens with zero attached hydrogens (tertiary/aromatic N) is 1. The number of hydrogen-bond donors (Lipinski definition) is 1. The smallest absolute Gasteiger partial charge is 0.0693 e. The monoisotopic (exact) mass is 119 g/mol. The number of rotatable bonds is 0. The Kier molecular flexibility index (Phi) is 1.81. The van der Waals surface area contributed by atoms with E-state index >= 15 is 0 Å². The van der Waals surface area contributed by atoms with Crippen LogP contribution in [0.25, 0.3) is 0 Å². The van der Waals surface area contributed by atoms with Crippen LogP contribution in [0.3, 0.4) is 0 Å². The first-order valence-corrected chi connectivity index (χ1v) is 2.88. The van der Waals surface area contributed by atoms with Crippen LogP contribution in [0.15, 0.2) is 0 Å². The Morgan fingerprint density at radius 3 is 2.75 bits per heavy atom. The highest BCUT2D eigenvalue weighted by Gasteiger charge is 2.15. The first-order chi connectivity index (χ1) is 3.79. The van der Waals surface area contributed by atoms with Gasteiger partial charge in [-0.25, -0.2) is 0 Å². The van der Waals surface area contributed by atoms with Gasteiger partial charge >= 0.3 is 0 Å². The zero-order valence-corrected chi connectivity index (χ0v) is 4.68. The largest absolute Gasteiger partial charge is 0.392 e. The molecular formula is C5H10FNO. The summed E-state index contributed by atoms with van der Waals surface area (Å²) in [6.07, 6.45) is 1.09. The minimum absolute atomic E-state index is 0.194. The quantitative estimate of drug-likeness (QED) is 0.464. The summed E-state index contributed by atoms with van der Waals surface area (Å²) in [7, 11) is 0. The fourth-order valence-corrected chi connectivity index (χ4v) is 0.910. The van der Waals surface area contributed by atoms with E-state index in [4.69, 9.17) is 5.11 Å². The van der Waals surface area contributed by atoms with Crippen LogP contribution in [-0.4, -0.2) is 29.4 Å². The first kappa shape index (κ1) is 5.98. The zero-order chi connectivity index (χ0) is 5.98. The lowest BCUT2D eigenvalue weighted by Crippen LogP contribution is -2.32. The number of piperidine rings is 1. The van der Waals surface area contributed by atoms with E-state index in [2.05, 4.69) is 0 Å². The molecule has 1 rings (SSSR count). The van der Waals surface area contributed by atoms with Gasteiger partial charge < -0.3 is 5.11 Å². The number of aliphatic hydroxyl groups excluding tert-OH is 1. The van der Waals surface area contributed by atoms with Crippen LogP contribution in [0.4, 0.5) is 4.48 Å². The molecule has 3 heteroatoms. The summed E-state index contributed by atoms with van der Waals surface area (Å²) in [6, 6.07) is 0. The zero-order valence-electron chi connectivity index (χ0n) is 4.68. The second-order valence-electron chi connectivity index (χ2n) is 2.16. The molecule has 0 spiro atoms. The number of β-amino-alcohol motifs (C(OH)–C–C–N with tert-alkyl or cyclic N) is 1. The summed E-state index contributed by atoms with van der Waals surface area (Å²) in [4.78, 5) is 0. The van der Waals surface area contributed by atoms with Crippen molar-refractivity contribution in [2.75, 3.05) is 13.1 Å². The third kappa shape index (κ3) is 1.42. The molecule has 0 radical (unpaired) electrons. The molecule has 1 atom stereocenters. The molecule has 48 valence electrons. The Morgan fingerprint density at radius 1 is 1.62 bits per heavy atom. The van der Waals surface area contributed by atoms with Crippen LogP contribution in [0, 0.1) is 0 Å². The molecule has 8 heavy (non-hydrogen) atoms. The van der Waals surface area contributed by atoms with Crippen molar-refractivity contribution in [3.05, 3.63) is 0 Å². The van der Waals surface area contributed by atoms with Crippen molar-refractivity contribution >= 4 is 0 Å². The van der Waals surface area contributed by atoms with Gasteiger partial charge in [-0.2, -0.15) is 0 Å². The van der Waals surface area contributed by atoms with E-state index in [9.17, 15) is 4.48 Å². The summed E-state index contributed by atoms with van der Waals surface area (Å²) in [5.74, 6) is 0. The van der Waals surface area contributed by atoms with Crippen molar-refractivity contribution in [2.24, 2.45) is 0 Å². The molecule has 1 N–H and O–H groups in total. The average molecular weight is 119 g/mol. The Balaban J connectivity index is 2.23. The summed E-state index contributed by atoms with van der Waals surface area (Å²) in [5, 5.41) is 9.46. The Hall–Kier alpha value is -0.150.